The van der Waals surface area contributed by atoms with E-state index in [4.69, 9.17) is 4.42 Å². The monoisotopic (exact) mass is 574 g/mol. The van der Waals surface area contributed by atoms with Crippen LogP contribution in [0.4, 0.5) is 0 Å². The summed E-state index contributed by atoms with van der Waals surface area (Å²) in [6.45, 7) is 0. The van der Waals surface area contributed by atoms with E-state index in [0.717, 1.165) is 33.3 Å². The summed E-state index contributed by atoms with van der Waals surface area (Å²) >= 11 is 0. The molecule has 210 valence electrons. The van der Waals surface area contributed by atoms with E-state index in [0.29, 0.717) is 0 Å². The Labute approximate surface area is 258 Å². The van der Waals surface area contributed by atoms with Crippen LogP contribution in [0.2, 0.25) is 0 Å². The highest BCUT2D eigenvalue weighted by atomic mass is 16.3. The average molecular weight is 575 g/mol. The van der Waals surface area contributed by atoms with Gasteiger partial charge in [0.25, 0.3) is 0 Å². The smallest absolute Gasteiger partial charge is 0.135 e. The van der Waals surface area contributed by atoms with Gasteiger partial charge in [0.15, 0.2) is 0 Å². The van der Waals surface area contributed by atoms with Crippen LogP contribution in [0.3, 0.4) is 0 Å². The van der Waals surface area contributed by atoms with Gasteiger partial charge in [-0.25, -0.2) is 0 Å². The van der Waals surface area contributed by atoms with Gasteiger partial charge < -0.3 is 13.6 Å². The standard InChI is InChI=1S/C42H26N2O/c1-2-10-29(11-3-1)43-37-15-7-4-12-31(37)34-25-35-32-13-5-8-16-38(32)44(40(35)26-39(34)43)30-21-18-27(19-22-30)28-20-23-42-36(24-28)33-14-6-9-17-41(33)45-42/h1-26H. The zero-order chi connectivity index (χ0) is 29.5. The van der Waals surface area contributed by atoms with Gasteiger partial charge in [-0.2, -0.15) is 0 Å². The fourth-order valence-corrected chi connectivity index (χ4v) is 7.27. The third kappa shape index (κ3) is 3.52. The zero-order valence-corrected chi connectivity index (χ0v) is 24.3. The van der Waals surface area contributed by atoms with Crippen LogP contribution in [0, 0.1) is 0 Å². The third-order valence-electron chi connectivity index (χ3n) is 9.32. The van der Waals surface area contributed by atoms with Crippen molar-refractivity contribution in [3.8, 4) is 22.5 Å². The molecule has 0 saturated carbocycles. The van der Waals surface area contributed by atoms with Gasteiger partial charge in [-0.3, -0.25) is 0 Å². The van der Waals surface area contributed by atoms with Gasteiger partial charge in [-0.05, 0) is 77.9 Å². The van der Waals surface area contributed by atoms with Crippen molar-refractivity contribution in [1.82, 2.24) is 9.13 Å². The molecular weight excluding hydrogens is 548 g/mol. The first kappa shape index (κ1) is 24.4. The summed E-state index contributed by atoms with van der Waals surface area (Å²) in [5, 5.41) is 7.34. The van der Waals surface area contributed by atoms with E-state index in [1.165, 1.54) is 54.7 Å². The minimum atomic E-state index is 0.918. The summed E-state index contributed by atoms with van der Waals surface area (Å²) in [5.74, 6) is 0. The van der Waals surface area contributed by atoms with Crippen LogP contribution < -0.4 is 0 Å². The lowest BCUT2D eigenvalue weighted by Gasteiger charge is -2.11. The molecule has 0 saturated heterocycles. The van der Waals surface area contributed by atoms with E-state index in [-0.39, 0.29) is 0 Å². The van der Waals surface area contributed by atoms with Crippen LogP contribution in [0.1, 0.15) is 0 Å². The van der Waals surface area contributed by atoms with Crippen molar-refractivity contribution in [2.75, 3.05) is 0 Å². The van der Waals surface area contributed by atoms with Crippen LogP contribution in [-0.4, -0.2) is 9.13 Å². The molecule has 0 N–H and O–H groups in total. The molecule has 3 aromatic heterocycles. The molecule has 0 radical (unpaired) electrons. The van der Waals surface area contributed by atoms with Gasteiger partial charge in [0.05, 0.1) is 22.1 Å². The molecule has 10 rings (SSSR count). The molecule has 0 aliphatic rings. The molecule has 0 aliphatic heterocycles. The maximum Gasteiger partial charge on any atom is 0.135 e. The van der Waals surface area contributed by atoms with Crippen LogP contribution >= 0.6 is 0 Å². The van der Waals surface area contributed by atoms with E-state index in [1.54, 1.807) is 0 Å². The predicted octanol–water partition coefficient (Wildman–Crippen LogP) is 11.4. The lowest BCUT2D eigenvalue weighted by atomic mass is 10.0. The van der Waals surface area contributed by atoms with Crippen molar-refractivity contribution in [2.24, 2.45) is 0 Å². The van der Waals surface area contributed by atoms with E-state index < -0.39 is 0 Å². The summed E-state index contributed by atoms with van der Waals surface area (Å²) < 4.78 is 10.9. The van der Waals surface area contributed by atoms with Gasteiger partial charge >= 0.3 is 0 Å². The maximum atomic E-state index is 6.07. The van der Waals surface area contributed by atoms with E-state index >= 15 is 0 Å². The Kier molecular flexibility index (Phi) is 5.00. The Bertz CT molecular complexity index is 2740. The van der Waals surface area contributed by atoms with Crippen LogP contribution in [0.5, 0.6) is 0 Å². The van der Waals surface area contributed by atoms with Crippen LogP contribution in [0.15, 0.2) is 162 Å². The molecule has 3 heteroatoms. The molecule has 10 aromatic rings. The SMILES string of the molecule is c1ccc(-n2c3ccccc3c3cc4c5ccccc5n(-c5ccc(-c6ccc7oc8ccccc8c7c6)cc5)c4cc32)cc1. The molecule has 7 aromatic carbocycles. The van der Waals surface area contributed by atoms with Crippen LogP contribution in [-0.2, 0) is 0 Å². The van der Waals surface area contributed by atoms with Gasteiger partial charge in [0.2, 0.25) is 0 Å². The van der Waals surface area contributed by atoms with E-state index in [1.807, 2.05) is 12.1 Å². The number of fused-ring (bicyclic) bond motifs is 9. The highest BCUT2D eigenvalue weighted by Gasteiger charge is 2.18. The van der Waals surface area contributed by atoms with Gasteiger partial charge in [-0.1, -0.05) is 91.0 Å². The number of hydrogen-bond donors (Lipinski definition) is 0. The van der Waals surface area contributed by atoms with E-state index in [9.17, 15) is 0 Å². The first-order valence-corrected chi connectivity index (χ1v) is 15.4. The Morgan fingerprint density at radius 3 is 1.53 bits per heavy atom. The van der Waals surface area contributed by atoms with Crippen molar-refractivity contribution in [2.45, 2.75) is 0 Å². The highest BCUT2D eigenvalue weighted by Crippen LogP contribution is 2.40. The molecule has 0 bridgehead atoms. The Morgan fingerprint density at radius 1 is 0.311 bits per heavy atom. The van der Waals surface area contributed by atoms with E-state index in [2.05, 4.69) is 155 Å². The number of benzene rings is 7. The first-order valence-electron chi connectivity index (χ1n) is 15.4. The average Bonchev–Trinajstić information content (AvgIpc) is 3.75. The lowest BCUT2D eigenvalue weighted by Crippen LogP contribution is -1.95. The van der Waals surface area contributed by atoms with Gasteiger partial charge in [0, 0.05) is 43.7 Å². The number of para-hydroxylation sites is 4. The zero-order valence-electron chi connectivity index (χ0n) is 24.3. The van der Waals surface area contributed by atoms with Gasteiger partial charge in [0.1, 0.15) is 11.2 Å². The number of hydrogen-bond acceptors (Lipinski definition) is 1. The summed E-state index contributed by atoms with van der Waals surface area (Å²) in [5.41, 5.74) is 11.3. The van der Waals surface area contributed by atoms with Crippen molar-refractivity contribution in [3.63, 3.8) is 0 Å². The second-order valence-corrected chi connectivity index (χ2v) is 11.8. The molecule has 0 atom stereocenters. The number of nitrogens with zero attached hydrogens (tertiary/aromatic N) is 2. The number of furan rings is 1. The number of rotatable bonds is 3. The fraction of sp³-hybridized carbons (Fsp3) is 0. The molecule has 0 fully saturated rings. The molecule has 3 heterocycles. The summed E-state index contributed by atoms with van der Waals surface area (Å²) in [7, 11) is 0. The molecule has 45 heavy (non-hydrogen) atoms. The largest absolute Gasteiger partial charge is 0.456 e. The minimum absolute atomic E-state index is 0.918. The molecular formula is C42H26N2O. The highest BCUT2D eigenvalue weighted by molar-refractivity contribution is 6.19. The normalized spacial score (nSPS) is 12.0. The lowest BCUT2D eigenvalue weighted by molar-refractivity contribution is 0.669. The van der Waals surface area contributed by atoms with Crippen molar-refractivity contribution in [1.29, 1.82) is 0 Å². The molecule has 0 aliphatic carbocycles. The second-order valence-electron chi connectivity index (χ2n) is 11.8. The first-order chi connectivity index (χ1) is 22.3. The topological polar surface area (TPSA) is 23.0 Å². The molecule has 0 amide bonds. The Hall–Kier alpha value is -6.06. The molecule has 3 nitrogen and oxygen atoms in total. The second kappa shape index (κ2) is 9.22. The minimum Gasteiger partial charge on any atom is -0.456 e. The van der Waals surface area contributed by atoms with Crippen molar-refractivity contribution in [3.05, 3.63) is 158 Å². The predicted molar refractivity (Wildman–Crippen MR) is 188 cm³/mol. The fourth-order valence-electron chi connectivity index (χ4n) is 7.27. The van der Waals surface area contributed by atoms with Crippen molar-refractivity contribution >= 4 is 65.6 Å². The Balaban J connectivity index is 1.19. The van der Waals surface area contributed by atoms with Crippen LogP contribution in [0.25, 0.3) is 88.1 Å². The quantitative estimate of drug-likeness (QED) is 0.206. The number of aromatic nitrogens is 2. The summed E-state index contributed by atoms with van der Waals surface area (Å²) in [4.78, 5) is 0. The molecule has 0 spiro atoms. The molecule has 0 unspecified atom stereocenters. The summed E-state index contributed by atoms with van der Waals surface area (Å²) in [6.07, 6.45) is 0. The van der Waals surface area contributed by atoms with Crippen molar-refractivity contribution < 1.29 is 4.42 Å². The maximum absolute atomic E-state index is 6.07. The summed E-state index contributed by atoms with van der Waals surface area (Å²) in [6, 6.07) is 56.6. The Morgan fingerprint density at radius 2 is 0.844 bits per heavy atom. The van der Waals surface area contributed by atoms with Gasteiger partial charge in [-0.15, -0.1) is 0 Å². The third-order valence-corrected chi connectivity index (χ3v) is 9.32.